The van der Waals surface area contributed by atoms with Gasteiger partial charge in [-0.05, 0) is 50.1 Å². The second-order valence-corrected chi connectivity index (χ2v) is 4.87. The number of nitrogens with one attached hydrogen (secondary N) is 1. The van der Waals surface area contributed by atoms with Gasteiger partial charge in [0.1, 0.15) is 11.9 Å². The number of anilines is 1. The number of aryl methyl sites for hydroxylation is 1. The Hall–Kier alpha value is -1.96. The lowest BCUT2D eigenvalue weighted by molar-refractivity contribution is 0.235. The van der Waals surface area contributed by atoms with Crippen LogP contribution in [0.5, 0.6) is 5.75 Å². The number of hydrogen-bond acceptors (Lipinski definition) is 2. The maximum atomic E-state index is 5.84. The summed E-state index contributed by atoms with van der Waals surface area (Å²) in [6, 6.07) is 16.2. The van der Waals surface area contributed by atoms with Crippen LogP contribution in [-0.2, 0) is 0 Å². The summed E-state index contributed by atoms with van der Waals surface area (Å²) < 4.78 is 5.84. The maximum Gasteiger partial charge on any atom is 0.119 e. The molecule has 0 fully saturated rings. The lowest BCUT2D eigenvalue weighted by atomic mass is 10.1. The van der Waals surface area contributed by atoms with Gasteiger partial charge in [-0.3, -0.25) is 0 Å². The summed E-state index contributed by atoms with van der Waals surface area (Å²) in [5, 5.41) is 3.45. The third-order valence-electron chi connectivity index (χ3n) is 3.27. The van der Waals surface area contributed by atoms with Crippen LogP contribution in [-0.4, -0.2) is 12.6 Å². The Morgan fingerprint density at radius 3 is 2.47 bits per heavy atom. The van der Waals surface area contributed by atoms with Crippen molar-refractivity contribution in [3.05, 3.63) is 59.7 Å². The van der Waals surface area contributed by atoms with Gasteiger partial charge in [0, 0.05) is 5.69 Å². The zero-order valence-electron chi connectivity index (χ0n) is 11.8. The Balaban J connectivity index is 1.90. The second-order valence-electron chi connectivity index (χ2n) is 4.87. The predicted molar refractivity (Wildman–Crippen MR) is 80.9 cm³/mol. The molecule has 0 amide bonds. The van der Waals surface area contributed by atoms with Gasteiger partial charge in [-0.1, -0.05) is 30.3 Å². The van der Waals surface area contributed by atoms with Crippen molar-refractivity contribution in [2.75, 3.05) is 11.9 Å². The molecule has 0 saturated heterocycles. The highest BCUT2D eigenvalue weighted by atomic mass is 16.5. The highest BCUT2D eigenvalue weighted by molar-refractivity contribution is 5.53. The Morgan fingerprint density at radius 2 is 1.74 bits per heavy atom. The molecule has 0 aliphatic rings. The summed E-state index contributed by atoms with van der Waals surface area (Å²) in [5.41, 5.74) is 3.79. The number of benzene rings is 2. The molecule has 100 valence electrons. The minimum atomic E-state index is 0.127. The van der Waals surface area contributed by atoms with E-state index >= 15 is 0 Å². The number of rotatable bonds is 5. The molecule has 0 radical (unpaired) electrons. The number of ether oxygens (including phenoxy) is 1. The quantitative estimate of drug-likeness (QED) is 0.865. The molecule has 0 spiro atoms. The number of hydrogen-bond donors (Lipinski definition) is 1. The zero-order chi connectivity index (χ0) is 13.7. The third-order valence-corrected chi connectivity index (χ3v) is 3.27. The largest absolute Gasteiger partial charge is 0.489 e. The lowest BCUT2D eigenvalue weighted by Gasteiger charge is -2.17. The fourth-order valence-corrected chi connectivity index (χ4v) is 1.97. The molecule has 1 atom stereocenters. The molecule has 19 heavy (non-hydrogen) atoms. The maximum absolute atomic E-state index is 5.84. The van der Waals surface area contributed by atoms with Crippen LogP contribution in [0.2, 0.25) is 0 Å². The van der Waals surface area contributed by atoms with E-state index in [1.165, 1.54) is 16.8 Å². The molecule has 2 rings (SSSR count). The third kappa shape index (κ3) is 3.75. The molecule has 0 saturated carbocycles. The number of para-hydroxylation sites is 1. The van der Waals surface area contributed by atoms with E-state index in [0.29, 0.717) is 0 Å². The summed E-state index contributed by atoms with van der Waals surface area (Å²) in [7, 11) is 0. The van der Waals surface area contributed by atoms with Crippen LogP contribution >= 0.6 is 0 Å². The molecule has 2 nitrogen and oxygen atoms in total. The summed E-state index contributed by atoms with van der Waals surface area (Å²) in [6.07, 6.45) is 0.127. The van der Waals surface area contributed by atoms with Crippen molar-refractivity contribution in [2.24, 2.45) is 0 Å². The average molecular weight is 255 g/mol. The standard InChI is InChI=1S/C17H21NO/c1-13-8-7-11-17(15(13)3)18-12-14(2)19-16-9-5-4-6-10-16/h4-11,14,18H,12H2,1-3H3. The van der Waals surface area contributed by atoms with Gasteiger partial charge in [0.2, 0.25) is 0 Å². The minimum Gasteiger partial charge on any atom is -0.489 e. The van der Waals surface area contributed by atoms with Crippen LogP contribution in [0.15, 0.2) is 48.5 Å². The van der Waals surface area contributed by atoms with Gasteiger partial charge in [-0.2, -0.15) is 0 Å². The summed E-state index contributed by atoms with van der Waals surface area (Å²) in [6.45, 7) is 7.13. The van der Waals surface area contributed by atoms with Crippen LogP contribution in [0, 0.1) is 13.8 Å². The lowest BCUT2D eigenvalue weighted by Crippen LogP contribution is -2.23. The van der Waals surface area contributed by atoms with Gasteiger partial charge in [0.25, 0.3) is 0 Å². The van der Waals surface area contributed by atoms with E-state index in [1.807, 2.05) is 30.3 Å². The zero-order valence-corrected chi connectivity index (χ0v) is 11.8. The first kappa shape index (κ1) is 13.5. The molecule has 2 heteroatoms. The first-order valence-corrected chi connectivity index (χ1v) is 6.68. The van der Waals surface area contributed by atoms with Crippen molar-refractivity contribution in [1.29, 1.82) is 0 Å². The van der Waals surface area contributed by atoms with Crippen molar-refractivity contribution < 1.29 is 4.74 Å². The monoisotopic (exact) mass is 255 g/mol. The van der Waals surface area contributed by atoms with E-state index in [9.17, 15) is 0 Å². The van der Waals surface area contributed by atoms with Gasteiger partial charge in [0.05, 0.1) is 6.54 Å². The molecule has 0 heterocycles. The molecular formula is C17H21NO. The Morgan fingerprint density at radius 1 is 1.00 bits per heavy atom. The van der Waals surface area contributed by atoms with Crippen molar-refractivity contribution in [3.63, 3.8) is 0 Å². The van der Waals surface area contributed by atoms with Crippen LogP contribution < -0.4 is 10.1 Å². The molecule has 1 unspecified atom stereocenters. The van der Waals surface area contributed by atoms with Crippen molar-refractivity contribution in [1.82, 2.24) is 0 Å². The molecule has 0 aromatic heterocycles. The van der Waals surface area contributed by atoms with E-state index in [1.54, 1.807) is 0 Å². The summed E-state index contributed by atoms with van der Waals surface area (Å²) in [5.74, 6) is 0.915. The fraction of sp³-hybridized carbons (Fsp3) is 0.294. The Kier molecular flexibility index (Phi) is 4.45. The van der Waals surface area contributed by atoms with Gasteiger partial charge in [0.15, 0.2) is 0 Å². The second kappa shape index (κ2) is 6.28. The summed E-state index contributed by atoms with van der Waals surface area (Å²) >= 11 is 0. The van der Waals surface area contributed by atoms with Crippen LogP contribution in [0.25, 0.3) is 0 Å². The van der Waals surface area contributed by atoms with Crippen molar-refractivity contribution in [2.45, 2.75) is 26.9 Å². The molecule has 2 aromatic carbocycles. The molecule has 0 aliphatic carbocycles. The van der Waals surface area contributed by atoms with Gasteiger partial charge < -0.3 is 10.1 Å². The normalized spacial score (nSPS) is 11.9. The first-order valence-electron chi connectivity index (χ1n) is 6.68. The van der Waals surface area contributed by atoms with Crippen LogP contribution in [0.1, 0.15) is 18.1 Å². The van der Waals surface area contributed by atoms with Crippen molar-refractivity contribution >= 4 is 5.69 Å². The van der Waals surface area contributed by atoms with E-state index in [2.05, 4.69) is 44.3 Å². The fourth-order valence-electron chi connectivity index (χ4n) is 1.97. The highest BCUT2D eigenvalue weighted by Crippen LogP contribution is 2.18. The summed E-state index contributed by atoms with van der Waals surface area (Å²) in [4.78, 5) is 0. The molecule has 0 aliphatic heterocycles. The topological polar surface area (TPSA) is 21.3 Å². The molecule has 0 bridgehead atoms. The van der Waals surface area contributed by atoms with E-state index in [4.69, 9.17) is 4.74 Å². The smallest absolute Gasteiger partial charge is 0.119 e. The SMILES string of the molecule is Cc1cccc(NCC(C)Oc2ccccc2)c1C. The average Bonchev–Trinajstić information content (AvgIpc) is 2.42. The van der Waals surface area contributed by atoms with Crippen LogP contribution in [0.3, 0.4) is 0 Å². The van der Waals surface area contributed by atoms with Gasteiger partial charge in [-0.15, -0.1) is 0 Å². The molecular weight excluding hydrogens is 234 g/mol. The minimum absolute atomic E-state index is 0.127. The van der Waals surface area contributed by atoms with E-state index in [0.717, 1.165) is 12.3 Å². The first-order chi connectivity index (χ1) is 9.16. The molecule has 2 aromatic rings. The molecule has 1 N–H and O–H groups in total. The van der Waals surface area contributed by atoms with E-state index in [-0.39, 0.29) is 6.10 Å². The Bertz CT molecular complexity index is 522. The predicted octanol–water partition coefficient (Wildman–Crippen LogP) is 4.18. The van der Waals surface area contributed by atoms with Gasteiger partial charge >= 0.3 is 0 Å². The van der Waals surface area contributed by atoms with E-state index < -0.39 is 0 Å². The van der Waals surface area contributed by atoms with Gasteiger partial charge in [-0.25, -0.2) is 0 Å². The highest BCUT2D eigenvalue weighted by Gasteiger charge is 2.05. The Labute approximate surface area is 115 Å². The van der Waals surface area contributed by atoms with Crippen molar-refractivity contribution in [3.8, 4) is 5.75 Å². The van der Waals surface area contributed by atoms with Crippen LogP contribution in [0.4, 0.5) is 5.69 Å².